The Morgan fingerprint density at radius 2 is 1.60 bits per heavy atom. The normalized spacial score (nSPS) is 9.60. The first-order chi connectivity index (χ1) is 9.46. The summed E-state index contributed by atoms with van der Waals surface area (Å²) >= 11 is 0. The molecule has 0 aromatic heterocycles. The fourth-order valence-corrected chi connectivity index (χ4v) is 1.66. The van der Waals surface area contributed by atoms with Crippen LogP contribution in [0.1, 0.15) is 27.6 Å². The van der Waals surface area contributed by atoms with Crippen molar-refractivity contribution in [1.82, 2.24) is 0 Å². The van der Waals surface area contributed by atoms with Gasteiger partial charge in [0.1, 0.15) is 16.9 Å². The maximum atomic E-state index is 11.9. The third-order valence-electron chi connectivity index (χ3n) is 2.47. The van der Waals surface area contributed by atoms with Gasteiger partial charge < -0.3 is 19.5 Å². The molecule has 0 radical (unpaired) electrons. The van der Waals surface area contributed by atoms with Gasteiger partial charge in [-0.15, -0.1) is 0 Å². The van der Waals surface area contributed by atoms with Crippen LogP contribution in [0.4, 0.5) is 5.69 Å². The Morgan fingerprint density at radius 1 is 1.00 bits per heavy atom. The third-order valence-corrected chi connectivity index (χ3v) is 2.47. The number of rotatable bonds is 4. The molecular weight excluding hydrogens is 266 g/mol. The topological polar surface area (TPSA) is 90.9 Å². The van der Waals surface area contributed by atoms with E-state index < -0.39 is 11.9 Å². The van der Waals surface area contributed by atoms with E-state index in [0.29, 0.717) is 0 Å². The van der Waals surface area contributed by atoms with E-state index in [1.165, 1.54) is 40.4 Å². The quantitative estimate of drug-likeness (QED) is 0.835. The number of amides is 1. The standard InChI is InChI=1S/C13H15NO6/c1-7(15)14-9-6-5-8(12(16)19-3)11(18-2)10(9)13(17)20-4/h5-6H,1-4H3,(H,14,15). The first-order valence-corrected chi connectivity index (χ1v) is 5.61. The van der Waals surface area contributed by atoms with Crippen LogP contribution >= 0.6 is 0 Å². The molecule has 0 aliphatic heterocycles. The summed E-state index contributed by atoms with van der Waals surface area (Å²) in [5.41, 5.74) is 0.200. The number of methoxy groups -OCH3 is 3. The minimum absolute atomic E-state index is 0.0186. The van der Waals surface area contributed by atoms with Crippen molar-refractivity contribution < 1.29 is 28.6 Å². The highest BCUT2D eigenvalue weighted by Crippen LogP contribution is 2.32. The molecule has 0 fully saturated rings. The molecule has 0 atom stereocenters. The van der Waals surface area contributed by atoms with Crippen LogP contribution in [0.15, 0.2) is 12.1 Å². The van der Waals surface area contributed by atoms with E-state index in [4.69, 9.17) is 4.74 Å². The Morgan fingerprint density at radius 3 is 2.05 bits per heavy atom. The van der Waals surface area contributed by atoms with Crippen LogP contribution in [0.5, 0.6) is 5.75 Å². The van der Waals surface area contributed by atoms with Gasteiger partial charge in [-0.2, -0.15) is 0 Å². The van der Waals surface area contributed by atoms with Crippen molar-refractivity contribution in [3.8, 4) is 5.75 Å². The fraction of sp³-hybridized carbons (Fsp3) is 0.308. The predicted octanol–water partition coefficient (Wildman–Crippen LogP) is 1.23. The van der Waals surface area contributed by atoms with Gasteiger partial charge in [-0.25, -0.2) is 9.59 Å². The molecule has 0 aliphatic carbocycles. The Kier molecular flexibility index (Phi) is 5.08. The van der Waals surface area contributed by atoms with E-state index in [-0.39, 0.29) is 28.5 Å². The van der Waals surface area contributed by atoms with Crippen molar-refractivity contribution in [3.63, 3.8) is 0 Å². The molecule has 1 rings (SSSR count). The summed E-state index contributed by atoms with van der Waals surface area (Å²) in [5.74, 6) is -1.80. The van der Waals surface area contributed by atoms with Gasteiger partial charge in [-0.05, 0) is 12.1 Å². The smallest absolute Gasteiger partial charge is 0.343 e. The van der Waals surface area contributed by atoms with Crippen LogP contribution in [0.2, 0.25) is 0 Å². The second-order valence-corrected chi connectivity index (χ2v) is 3.73. The maximum Gasteiger partial charge on any atom is 0.343 e. The van der Waals surface area contributed by atoms with Crippen LogP contribution in [0.3, 0.4) is 0 Å². The van der Waals surface area contributed by atoms with Gasteiger partial charge in [-0.1, -0.05) is 0 Å². The van der Waals surface area contributed by atoms with E-state index in [1.54, 1.807) is 0 Å². The summed E-state index contributed by atoms with van der Waals surface area (Å²) in [7, 11) is 3.69. The zero-order valence-corrected chi connectivity index (χ0v) is 11.6. The number of hydrogen-bond donors (Lipinski definition) is 1. The number of carbonyl (C=O) groups is 3. The molecular formula is C13H15NO6. The van der Waals surface area contributed by atoms with E-state index in [2.05, 4.69) is 14.8 Å². The average molecular weight is 281 g/mol. The number of benzene rings is 1. The Labute approximate surface area is 115 Å². The molecule has 1 aromatic rings. The molecule has 0 saturated carbocycles. The molecule has 7 heteroatoms. The van der Waals surface area contributed by atoms with Crippen LogP contribution in [-0.4, -0.2) is 39.2 Å². The molecule has 20 heavy (non-hydrogen) atoms. The fourth-order valence-electron chi connectivity index (χ4n) is 1.66. The molecule has 108 valence electrons. The molecule has 0 heterocycles. The Hall–Kier alpha value is -2.57. The van der Waals surface area contributed by atoms with Gasteiger partial charge in [0.15, 0.2) is 0 Å². The second kappa shape index (κ2) is 6.55. The number of hydrogen-bond acceptors (Lipinski definition) is 6. The molecule has 7 nitrogen and oxygen atoms in total. The number of ether oxygens (including phenoxy) is 3. The number of anilines is 1. The van der Waals surface area contributed by atoms with E-state index in [9.17, 15) is 14.4 Å². The molecule has 0 aliphatic rings. The molecule has 0 saturated heterocycles. The zero-order valence-electron chi connectivity index (χ0n) is 11.6. The van der Waals surface area contributed by atoms with E-state index >= 15 is 0 Å². The van der Waals surface area contributed by atoms with Gasteiger partial charge in [0.2, 0.25) is 5.91 Å². The van der Waals surface area contributed by atoms with Gasteiger partial charge >= 0.3 is 11.9 Å². The third kappa shape index (κ3) is 3.05. The summed E-state index contributed by atoms with van der Waals surface area (Å²) in [6, 6.07) is 2.80. The molecule has 0 unspecified atom stereocenters. The number of nitrogens with one attached hydrogen (secondary N) is 1. The maximum absolute atomic E-state index is 11.9. The van der Waals surface area contributed by atoms with Crippen LogP contribution in [0.25, 0.3) is 0 Å². The minimum atomic E-state index is -0.739. The lowest BCUT2D eigenvalue weighted by Gasteiger charge is -2.15. The highest BCUT2D eigenvalue weighted by molar-refractivity contribution is 6.06. The minimum Gasteiger partial charge on any atom is -0.495 e. The molecule has 1 N–H and O–H groups in total. The summed E-state index contributed by atoms with van der Waals surface area (Å²) in [6.45, 7) is 1.29. The Balaban J connectivity index is 3.54. The predicted molar refractivity (Wildman–Crippen MR) is 70.0 cm³/mol. The molecule has 1 amide bonds. The van der Waals surface area contributed by atoms with Crippen molar-refractivity contribution in [1.29, 1.82) is 0 Å². The van der Waals surface area contributed by atoms with Crippen molar-refractivity contribution >= 4 is 23.5 Å². The van der Waals surface area contributed by atoms with E-state index in [0.717, 1.165) is 0 Å². The van der Waals surface area contributed by atoms with Crippen LogP contribution < -0.4 is 10.1 Å². The lowest BCUT2D eigenvalue weighted by Crippen LogP contribution is -2.16. The number of esters is 2. The summed E-state index contributed by atoms with van der Waals surface area (Å²) in [5, 5.41) is 2.48. The molecule has 0 spiro atoms. The Bertz CT molecular complexity index is 552. The largest absolute Gasteiger partial charge is 0.495 e. The first kappa shape index (κ1) is 15.5. The highest BCUT2D eigenvalue weighted by Gasteiger charge is 2.25. The van der Waals surface area contributed by atoms with Crippen molar-refractivity contribution in [2.24, 2.45) is 0 Å². The number of carbonyl (C=O) groups excluding carboxylic acids is 3. The summed E-state index contributed by atoms with van der Waals surface area (Å²) in [4.78, 5) is 34.7. The van der Waals surface area contributed by atoms with Crippen LogP contribution in [0, 0.1) is 0 Å². The van der Waals surface area contributed by atoms with E-state index in [1.807, 2.05) is 0 Å². The SMILES string of the molecule is COC(=O)c1ccc(NC(C)=O)c(C(=O)OC)c1OC. The second-order valence-electron chi connectivity index (χ2n) is 3.73. The van der Waals surface area contributed by atoms with Gasteiger partial charge in [0, 0.05) is 6.92 Å². The van der Waals surface area contributed by atoms with Gasteiger partial charge in [0.05, 0.1) is 27.0 Å². The summed E-state index contributed by atoms with van der Waals surface area (Å²) < 4.78 is 14.3. The monoisotopic (exact) mass is 281 g/mol. The first-order valence-electron chi connectivity index (χ1n) is 5.61. The van der Waals surface area contributed by atoms with Gasteiger partial charge in [0.25, 0.3) is 0 Å². The summed E-state index contributed by atoms with van der Waals surface area (Å²) in [6.07, 6.45) is 0. The lowest BCUT2D eigenvalue weighted by molar-refractivity contribution is -0.114. The lowest BCUT2D eigenvalue weighted by atomic mass is 10.1. The highest BCUT2D eigenvalue weighted by atomic mass is 16.5. The average Bonchev–Trinajstić information content (AvgIpc) is 2.44. The molecule has 1 aromatic carbocycles. The van der Waals surface area contributed by atoms with Crippen molar-refractivity contribution in [3.05, 3.63) is 23.3 Å². The van der Waals surface area contributed by atoms with Crippen LogP contribution in [-0.2, 0) is 14.3 Å². The molecule has 0 bridgehead atoms. The van der Waals surface area contributed by atoms with Crippen molar-refractivity contribution in [2.75, 3.05) is 26.6 Å². The van der Waals surface area contributed by atoms with Gasteiger partial charge in [-0.3, -0.25) is 4.79 Å². The van der Waals surface area contributed by atoms with Crippen molar-refractivity contribution in [2.45, 2.75) is 6.92 Å². The zero-order chi connectivity index (χ0) is 15.3.